The van der Waals surface area contributed by atoms with Crippen LogP contribution in [0.5, 0.6) is 0 Å². The van der Waals surface area contributed by atoms with Crippen LogP contribution in [0.2, 0.25) is 0 Å². The Hall–Kier alpha value is -1.11. The standard InChI is InChI=1S/C27H45N/c1-8-26(18(2)3)25-14-10-13-24(17-25)21(6)22(7)27(28)23-12-9-11-19(4)20(5)15-16-23/h16,18,21,24-26,28H,7-15,17H2,1-6H3. The van der Waals surface area contributed by atoms with Crippen molar-refractivity contribution in [2.45, 2.75) is 99.3 Å². The molecule has 0 bridgehead atoms. The molecule has 0 aliphatic heterocycles. The lowest BCUT2D eigenvalue weighted by Gasteiger charge is -2.39. The summed E-state index contributed by atoms with van der Waals surface area (Å²) >= 11 is 0. The monoisotopic (exact) mass is 383 g/mol. The summed E-state index contributed by atoms with van der Waals surface area (Å²) in [5, 5.41) is 8.88. The van der Waals surface area contributed by atoms with Gasteiger partial charge in [0.1, 0.15) is 0 Å². The van der Waals surface area contributed by atoms with Crippen molar-refractivity contribution in [2.75, 3.05) is 0 Å². The summed E-state index contributed by atoms with van der Waals surface area (Å²) in [6.45, 7) is 18.5. The highest BCUT2D eigenvalue weighted by Crippen LogP contribution is 2.42. The average Bonchev–Trinajstić information content (AvgIpc) is 2.67. The van der Waals surface area contributed by atoms with Crippen LogP contribution in [-0.4, -0.2) is 5.71 Å². The average molecular weight is 384 g/mol. The molecule has 0 amide bonds. The minimum absolute atomic E-state index is 0.435. The summed E-state index contributed by atoms with van der Waals surface area (Å²) in [6.07, 6.45) is 13.4. The van der Waals surface area contributed by atoms with Gasteiger partial charge in [-0.05, 0) is 93.1 Å². The SMILES string of the molecule is C=C(C(=N)C1=CCC(C)=C(C)CCC1)C(C)C1CCCC(C(CC)C(C)C)C1. The number of hydrogen-bond donors (Lipinski definition) is 1. The van der Waals surface area contributed by atoms with E-state index in [1.165, 1.54) is 55.2 Å². The lowest BCUT2D eigenvalue weighted by Crippen LogP contribution is -2.30. The van der Waals surface area contributed by atoms with Crippen LogP contribution >= 0.6 is 0 Å². The number of rotatable bonds is 7. The highest BCUT2D eigenvalue weighted by atomic mass is 14.5. The maximum Gasteiger partial charge on any atom is 0.0597 e. The van der Waals surface area contributed by atoms with E-state index in [1.54, 1.807) is 0 Å². The fourth-order valence-electron chi connectivity index (χ4n) is 5.71. The Kier molecular flexibility index (Phi) is 8.78. The molecule has 1 nitrogen and oxygen atoms in total. The van der Waals surface area contributed by atoms with E-state index in [0.29, 0.717) is 11.8 Å². The van der Waals surface area contributed by atoms with Crippen LogP contribution in [0.3, 0.4) is 0 Å². The number of allylic oxidation sites excluding steroid dienone is 5. The van der Waals surface area contributed by atoms with Gasteiger partial charge in [-0.25, -0.2) is 0 Å². The zero-order chi connectivity index (χ0) is 20.8. The van der Waals surface area contributed by atoms with Crippen LogP contribution in [0.25, 0.3) is 0 Å². The maximum atomic E-state index is 8.88. The molecule has 4 atom stereocenters. The molecule has 158 valence electrons. The van der Waals surface area contributed by atoms with Crippen molar-refractivity contribution in [3.63, 3.8) is 0 Å². The first kappa shape index (κ1) is 23.2. The van der Waals surface area contributed by atoms with Crippen molar-refractivity contribution in [1.29, 1.82) is 5.41 Å². The van der Waals surface area contributed by atoms with E-state index in [9.17, 15) is 0 Å². The molecule has 1 saturated carbocycles. The Balaban J connectivity index is 2.05. The Labute approximate surface area is 175 Å². The molecule has 1 N–H and O–H groups in total. The molecule has 0 spiro atoms. The highest BCUT2D eigenvalue weighted by molar-refractivity contribution is 6.10. The summed E-state index contributed by atoms with van der Waals surface area (Å²) in [4.78, 5) is 0. The Morgan fingerprint density at radius 1 is 1.07 bits per heavy atom. The molecule has 2 rings (SSSR count). The van der Waals surface area contributed by atoms with E-state index in [-0.39, 0.29) is 0 Å². The highest BCUT2D eigenvalue weighted by Gasteiger charge is 2.33. The number of hydrogen-bond acceptors (Lipinski definition) is 1. The Morgan fingerprint density at radius 3 is 2.39 bits per heavy atom. The van der Waals surface area contributed by atoms with E-state index in [1.807, 2.05) is 0 Å². The normalized spacial score (nSPS) is 26.3. The van der Waals surface area contributed by atoms with Gasteiger partial charge >= 0.3 is 0 Å². The fraction of sp³-hybridized carbons (Fsp3) is 0.741. The first-order valence-electron chi connectivity index (χ1n) is 11.9. The van der Waals surface area contributed by atoms with Crippen LogP contribution in [0.4, 0.5) is 0 Å². The van der Waals surface area contributed by atoms with Gasteiger partial charge in [-0.2, -0.15) is 0 Å². The second kappa shape index (κ2) is 10.6. The molecule has 2 aliphatic carbocycles. The van der Waals surface area contributed by atoms with E-state index in [4.69, 9.17) is 5.41 Å². The van der Waals surface area contributed by atoms with E-state index < -0.39 is 0 Å². The summed E-state index contributed by atoms with van der Waals surface area (Å²) < 4.78 is 0. The van der Waals surface area contributed by atoms with Gasteiger partial charge in [-0.3, -0.25) is 0 Å². The predicted molar refractivity (Wildman–Crippen MR) is 125 cm³/mol. The largest absolute Gasteiger partial charge is 0.300 e. The van der Waals surface area contributed by atoms with E-state index in [2.05, 4.69) is 54.2 Å². The van der Waals surface area contributed by atoms with Crippen LogP contribution in [-0.2, 0) is 0 Å². The topological polar surface area (TPSA) is 23.9 Å². The second-order valence-corrected chi connectivity index (χ2v) is 10.0. The molecule has 0 aromatic carbocycles. The first-order valence-corrected chi connectivity index (χ1v) is 11.9. The quantitative estimate of drug-likeness (QED) is 0.336. The van der Waals surface area contributed by atoms with Gasteiger partial charge in [0.15, 0.2) is 0 Å². The van der Waals surface area contributed by atoms with Crippen molar-refractivity contribution in [1.82, 2.24) is 0 Å². The minimum Gasteiger partial charge on any atom is -0.300 e. The molecule has 28 heavy (non-hydrogen) atoms. The lowest BCUT2D eigenvalue weighted by atomic mass is 9.66. The second-order valence-electron chi connectivity index (χ2n) is 10.0. The van der Waals surface area contributed by atoms with Crippen molar-refractivity contribution >= 4 is 5.71 Å². The summed E-state index contributed by atoms with van der Waals surface area (Å²) in [5.74, 6) is 3.64. The third kappa shape index (κ3) is 5.71. The summed E-state index contributed by atoms with van der Waals surface area (Å²) in [5.41, 5.74) is 6.10. The molecule has 1 heteroatoms. The van der Waals surface area contributed by atoms with Crippen molar-refractivity contribution in [3.8, 4) is 0 Å². The molecule has 1 fully saturated rings. The molecular weight excluding hydrogens is 338 g/mol. The maximum absolute atomic E-state index is 8.88. The van der Waals surface area contributed by atoms with Crippen LogP contribution < -0.4 is 0 Å². The van der Waals surface area contributed by atoms with Gasteiger partial charge < -0.3 is 5.41 Å². The van der Waals surface area contributed by atoms with Gasteiger partial charge in [-0.15, -0.1) is 0 Å². The molecule has 0 radical (unpaired) electrons. The zero-order valence-corrected chi connectivity index (χ0v) is 19.5. The smallest absolute Gasteiger partial charge is 0.0597 e. The minimum atomic E-state index is 0.435. The first-order chi connectivity index (χ1) is 13.3. The van der Waals surface area contributed by atoms with E-state index >= 15 is 0 Å². The molecule has 2 aliphatic rings. The van der Waals surface area contributed by atoms with Crippen LogP contribution in [0.1, 0.15) is 99.3 Å². The third-order valence-corrected chi connectivity index (χ3v) is 7.97. The predicted octanol–water partition coefficient (Wildman–Crippen LogP) is 8.52. The zero-order valence-electron chi connectivity index (χ0n) is 19.5. The molecule has 4 unspecified atom stereocenters. The van der Waals surface area contributed by atoms with Crippen LogP contribution in [0, 0.1) is 35.0 Å². The summed E-state index contributed by atoms with van der Waals surface area (Å²) in [7, 11) is 0. The van der Waals surface area contributed by atoms with Crippen molar-refractivity contribution in [2.24, 2.45) is 29.6 Å². The number of nitrogens with one attached hydrogen (secondary N) is 1. The Bertz CT molecular complexity index is 618. The summed E-state index contributed by atoms with van der Waals surface area (Å²) in [6, 6.07) is 0. The van der Waals surface area contributed by atoms with Gasteiger partial charge in [0.25, 0.3) is 0 Å². The van der Waals surface area contributed by atoms with Gasteiger partial charge in [0.05, 0.1) is 5.71 Å². The van der Waals surface area contributed by atoms with Gasteiger partial charge in [-0.1, -0.05) is 70.8 Å². The van der Waals surface area contributed by atoms with Crippen molar-refractivity contribution < 1.29 is 0 Å². The van der Waals surface area contributed by atoms with Gasteiger partial charge in [0, 0.05) is 0 Å². The van der Waals surface area contributed by atoms with E-state index in [0.717, 1.165) is 48.3 Å². The van der Waals surface area contributed by atoms with Crippen molar-refractivity contribution in [3.05, 3.63) is 34.9 Å². The molecule has 0 aromatic rings. The molecule has 0 heterocycles. The lowest BCUT2D eigenvalue weighted by molar-refractivity contribution is 0.137. The molecule has 0 aromatic heterocycles. The Morgan fingerprint density at radius 2 is 1.75 bits per heavy atom. The fourth-order valence-corrected chi connectivity index (χ4v) is 5.71. The third-order valence-electron chi connectivity index (χ3n) is 7.97. The molecule has 0 saturated heterocycles. The molecular formula is C27H45N. The van der Waals surface area contributed by atoms with Gasteiger partial charge in [0.2, 0.25) is 0 Å². The van der Waals surface area contributed by atoms with Crippen LogP contribution in [0.15, 0.2) is 34.9 Å².